The molecule has 1 aliphatic heterocycles. The van der Waals surface area contributed by atoms with Gasteiger partial charge in [-0.05, 0) is 57.0 Å². The zero-order valence-corrected chi connectivity index (χ0v) is 13.9. The van der Waals surface area contributed by atoms with Gasteiger partial charge in [0.1, 0.15) is 0 Å². The minimum absolute atomic E-state index is 0.118. The van der Waals surface area contributed by atoms with Crippen LogP contribution in [0.2, 0.25) is 0 Å². The van der Waals surface area contributed by atoms with Crippen LogP contribution in [0.3, 0.4) is 0 Å². The molecule has 0 radical (unpaired) electrons. The van der Waals surface area contributed by atoms with Crippen molar-refractivity contribution in [2.24, 2.45) is 5.73 Å². The molecule has 6 nitrogen and oxygen atoms in total. The van der Waals surface area contributed by atoms with Gasteiger partial charge in [-0.25, -0.2) is 4.79 Å². The SMILES string of the molecule is CC[C@@H](CN1CCCC1)NC(=O)Nc1cc(C(N)=O)ccc1C. The van der Waals surface area contributed by atoms with Gasteiger partial charge in [-0.1, -0.05) is 13.0 Å². The van der Waals surface area contributed by atoms with E-state index in [0.717, 1.165) is 31.6 Å². The number of nitrogens with two attached hydrogens (primary N) is 1. The van der Waals surface area contributed by atoms with E-state index in [1.54, 1.807) is 18.2 Å². The molecule has 0 aromatic heterocycles. The van der Waals surface area contributed by atoms with Gasteiger partial charge in [0.25, 0.3) is 0 Å². The quantitative estimate of drug-likeness (QED) is 0.750. The summed E-state index contributed by atoms with van der Waals surface area (Å²) in [4.78, 5) is 25.9. The molecule has 0 bridgehead atoms. The van der Waals surface area contributed by atoms with Crippen LogP contribution in [0, 0.1) is 6.92 Å². The lowest BCUT2D eigenvalue weighted by Gasteiger charge is -2.23. The fraction of sp³-hybridized carbons (Fsp3) is 0.529. The van der Waals surface area contributed by atoms with Crippen LogP contribution >= 0.6 is 0 Å². The zero-order chi connectivity index (χ0) is 16.8. The first-order chi connectivity index (χ1) is 11.0. The summed E-state index contributed by atoms with van der Waals surface area (Å²) in [6, 6.07) is 4.91. The number of benzene rings is 1. The number of nitrogens with zero attached hydrogens (tertiary/aromatic N) is 1. The van der Waals surface area contributed by atoms with Gasteiger partial charge in [0.05, 0.1) is 0 Å². The van der Waals surface area contributed by atoms with Gasteiger partial charge in [-0.15, -0.1) is 0 Å². The van der Waals surface area contributed by atoms with Crippen LogP contribution in [0.15, 0.2) is 18.2 Å². The van der Waals surface area contributed by atoms with Crippen LogP contribution in [0.4, 0.5) is 10.5 Å². The number of carbonyl (C=O) groups excluding carboxylic acids is 2. The lowest BCUT2D eigenvalue weighted by Crippen LogP contribution is -2.44. The van der Waals surface area contributed by atoms with Crippen molar-refractivity contribution >= 4 is 17.6 Å². The van der Waals surface area contributed by atoms with Gasteiger partial charge in [0.15, 0.2) is 0 Å². The fourth-order valence-corrected chi connectivity index (χ4v) is 2.81. The molecule has 2 rings (SSSR count). The maximum atomic E-state index is 12.2. The molecular weight excluding hydrogens is 292 g/mol. The Labute approximate surface area is 137 Å². The molecule has 126 valence electrons. The monoisotopic (exact) mass is 318 g/mol. The highest BCUT2D eigenvalue weighted by Gasteiger charge is 2.18. The molecule has 6 heteroatoms. The van der Waals surface area contributed by atoms with Gasteiger partial charge < -0.3 is 21.3 Å². The number of carbonyl (C=O) groups is 2. The summed E-state index contributed by atoms with van der Waals surface area (Å²) in [7, 11) is 0. The van der Waals surface area contributed by atoms with Gasteiger partial charge in [0.2, 0.25) is 5.91 Å². The highest BCUT2D eigenvalue weighted by Crippen LogP contribution is 2.17. The van der Waals surface area contributed by atoms with E-state index in [2.05, 4.69) is 22.5 Å². The van der Waals surface area contributed by atoms with E-state index in [0.29, 0.717) is 11.3 Å². The van der Waals surface area contributed by atoms with Crippen LogP contribution in [-0.2, 0) is 0 Å². The standard InChI is InChI=1S/C17H26N4O2/c1-3-14(11-21-8-4-5-9-21)19-17(23)20-15-10-13(16(18)22)7-6-12(15)2/h6-7,10,14H,3-5,8-9,11H2,1-2H3,(H2,18,22)(H2,19,20,23)/t14-/m0/s1. The van der Waals surface area contributed by atoms with Gasteiger partial charge in [-0.3, -0.25) is 4.79 Å². The summed E-state index contributed by atoms with van der Waals surface area (Å²) in [5, 5.41) is 5.83. The maximum absolute atomic E-state index is 12.2. The van der Waals surface area contributed by atoms with E-state index < -0.39 is 5.91 Å². The van der Waals surface area contributed by atoms with Crippen molar-refractivity contribution in [1.82, 2.24) is 10.2 Å². The topological polar surface area (TPSA) is 87.5 Å². The third kappa shape index (κ3) is 4.96. The Balaban J connectivity index is 1.94. The van der Waals surface area contributed by atoms with E-state index in [9.17, 15) is 9.59 Å². The second kappa shape index (κ2) is 7.97. The molecule has 1 saturated heterocycles. The molecule has 0 aliphatic carbocycles. The number of anilines is 1. The lowest BCUT2D eigenvalue weighted by molar-refractivity contribution is 0.1000. The Morgan fingerprint density at radius 1 is 1.30 bits per heavy atom. The fourth-order valence-electron chi connectivity index (χ4n) is 2.81. The number of amides is 3. The highest BCUT2D eigenvalue weighted by atomic mass is 16.2. The molecule has 0 unspecified atom stereocenters. The number of hydrogen-bond acceptors (Lipinski definition) is 3. The first-order valence-electron chi connectivity index (χ1n) is 8.20. The summed E-state index contributed by atoms with van der Waals surface area (Å²) in [6.07, 6.45) is 3.35. The third-order valence-corrected chi connectivity index (χ3v) is 4.28. The summed E-state index contributed by atoms with van der Waals surface area (Å²) in [6.45, 7) is 7.05. The van der Waals surface area contributed by atoms with Crippen LogP contribution in [-0.4, -0.2) is 42.5 Å². The number of urea groups is 1. The number of likely N-dealkylation sites (tertiary alicyclic amines) is 1. The average Bonchev–Trinajstić information content (AvgIpc) is 3.01. The Morgan fingerprint density at radius 3 is 2.61 bits per heavy atom. The van der Waals surface area contributed by atoms with E-state index in [1.165, 1.54) is 12.8 Å². The number of rotatable bonds is 6. The van der Waals surface area contributed by atoms with E-state index in [4.69, 9.17) is 5.73 Å². The second-order valence-corrected chi connectivity index (χ2v) is 6.11. The summed E-state index contributed by atoms with van der Waals surface area (Å²) >= 11 is 0. The minimum atomic E-state index is -0.506. The minimum Gasteiger partial charge on any atom is -0.366 e. The molecular formula is C17H26N4O2. The average molecular weight is 318 g/mol. The van der Waals surface area contributed by atoms with Crippen LogP contribution in [0.5, 0.6) is 0 Å². The molecule has 23 heavy (non-hydrogen) atoms. The van der Waals surface area contributed by atoms with Crippen molar-refractivity contribution in [2.45, 2.75) is 39.2 Å². The predicted octanol–water partition coefficient (Wildman–Crippen LogP) is 2.09. The molecule has 0 spiro atoms. The van der Waals surface area contributed by atoms with Crippen molar-refractivity contribution in [3.05, 3.63) is 29.3 Å². The first-order valence-corrected chi connectivity index (χ1v) is 8.20. The van der Waals surface area contributed by atoms with Gasteiger partial charge in [-0.2, -0.15) is 0 Å². The number of hydrogen-bond donors (Lipinski definition) is 3. The number of primary amides is 1. The second-order valence-electron chi connectivity index (χ2n) is 6.11. The van der Waals surface area contributed by atoms with Gasteiger partial charge >= 0.3 is 6.03 Å². The lowest BCUT2D eigenvalue weighted by atomic mass is 10.1. The molecule has 1 aromatic carbocycles. The maximum Gasteiger partial charge on any atom is 0.319 e. The summed E-state index contributed by atoms with van der Waals surface area (Å²) < 4.78 is 0. The highest BCUT2D eigenvalue weighted by molar-refractivity contribution is 5.96. The summed E-state index contributed by atoms with van der Waals surface area (Å²) in [5.41, 5.74) is 7.16. The van der Waals surface area contributed by atoms with E-state index in [-0.39, 0.29) is 12.1 Å². The van der Waals surface area contributed by atoms with Crippen LogP contribution in [0.1, 0.15) is 42.1 Å². The third-order valence-electron chi connectivity index (χ3n) is 4.28. The van der Waals surface area contributed by atoms with Crippen molar-refractivity contribution in [3.63, 3.8) is 0 Å². The largest absolute Gasteiger partial charge is 0.366 e. The van der Waals surface area contributed by atoms with Crippen molar-refractivity contribution < 1.29 is 9.59 Å². The van der Waals surface area contributed by atoms with Crippen LogP contribution < -0.4 is 16.4 Å². The molecule has 1 fully saturated rings. The molecule has 3 amide bonds. The summed E-state index contributed by atoms with van der Waals surface area (Å²) in [5.74, 6) is -0.506. The molecule has 1 atom stereocenters. The Hall–Kier alpha value is -2.08. The van der Waals surface area contributed by atoms with Crippen molar-refractivity contribution in [1.29, 1.82) is 0 Å². The van der Waals surface area contributed by atoms with Gasteiger partial charge in [0, 0.05) is 23.8 Å². The first kappa shape index (κ1) is 17.3. The molecule has 1 aliphatic rings. The number of nitrogens with one attached hydrogen (secondary N) is 2. The number of aryl methyl sites for hydroxylation is 1. The molecule has 1 heterocycles. The molecule has 0 saturated carbocycles. The Kier molecular flexibility index (Phi) is 5.98. The normalized spacial score (nSPS) is 16.1. The molecule has 1 aromatic rings. The predicted molar refractivity (Wildman–Crippen MR) is 91.6 cm³/mol. The zero-order valence-electron chi connectivity index (χ0n) is 13.9. The van der Waals surface area contributed by atoms with E-state index in [1.807, 2.05) is 6.92 Å². The molecule has 4 N–H and O–H groups in total. The Morgan fingerprint density at radius 2 is 2.00 bits per heavy atom. The van der Waals surface area contributed by atoms with E-state index >= 15 is 0 Å². The smallest absolute Gasteiger partial charge is 0.319 e. The van der Waals surface area contributed by atoms with Crippen LogP contribution in [0.25, 0.3) is 0 Å². The van der Waals surface area contributed by atoms with Crippen molar-refractivity contribution in [3.8, 4) is 0 Å². The van der Waals surface area contributed by atoms with Crippen molar-refractivity contribution in [2.75, 3.05) is 25.0 Å². The Bertz CT molecular complexity index is 568.